The Balaban J connectivity index is 2.48. The van der Waals surface area contributed by atoms with Gasteiger partial charge in [0, 0.05) is 18.8 Å². The number of halogens is 2. The highest BCUT2D eigenvalue weighted by Gasteiger charge is 2.39. The highest BCUT2D eigenvalue weighted by molar-refractivity contribution is 7.89. The van der Waals surface area contributed by atoms with Crippen molar-refractivity contribution in [3.05, 3.63) is 23.0 Å². The van der Waals surface area contributed by atoms with Crippen molar-refractivity contribution < 1.29 is 17.5 Å². The van der Waals surface area contributed by atoms with Gasteiger partial charge in [-0.1, -0.05) is 11.6 Å². The Morgan fingerprint density at radius 2 is 2.10 bits per heavy atom. The second kappa shape index (κ2) is 5.39. The van der Waals surface area contributed by atoms with Crippen LogP contribution in [0.1, 0.15) is 20.8 Å². The van der Waals surface area contributed by atoms with E-state index in [1.54, 1.807) is 20.8 Å². The highest BCUT2D eigenvalue weighted by atomic mass is 35.5. The molecule has 1 saturated heterocycles. The van der Waals surface area contributed by atoms with Gasteiger partial charge >= 0.3 is 0 Å². The molecule has 1 aromatic carbocycles. The molecule has 1 aliphatic rings. The van der Waals surface area contributed by atoms with E-state index in [0.29, 0.717) is 0 Å². The van der Waals surface area contributed by atoms with Gasteiger partial charge in [0.2, 0.25) is 10.0 Å². The molecule has 1 aromatic rings. The number of nitrogen functional groups attached to an aromatic ring is 1. The van der Waals surface area contributed by atoms with Gasteiger partial charge in [-0.05, 0) is 32.9 Å². The summed E-state index contributed by atoms with van der Waals surface area (Å²) in [5.74, 6) is -0.984. The average Bonchev–Trinajstić information content (AvgIpc) is 2.31. The van der Waals surface area contributed by atoms with Crippen molar-refractivity contribution in [3.8, 4) is 0 Å². The maximum absolute atomic E-state index is 14.1. The Bertz CT molecular complexity index is 664. The molecular weight excluding hydrogens is 319 g/mol. The summed E-state index contributed by atoms with van der Waals surface area (Å²) in [6.07, 6.45) is -0.289. The molecular formula is C13H18ClFN2O3S. The Hall–Kier alpha value is -0.890. The molecule has 1 heterocycles. The Morgan fingerprint density at radius 3 is 2.67 bits per heavy atom. The van der Waals surface area contributed by atoms with Crippen molar-refractivity contribution >= 4 is 27.3 Å². The lowest BCUT2D eigenvalue weighted by atomic mass is 10.1. The number of morpholine rings is 1. The minimum absolute atomic E-state index is 0.0977. The average molecular weight is 337 g/mol. The van der Waals surface area contributed by atoms with Gasteiger partial charge in [-0.3, -0.25) is 0 Å². The molecule has 0 spiro atoms. The van der Waals surface area contributed by atoms with E-state index in [4.69, 9.17) is 22.1 Å². The van der Waals surface area contributed by atoms with Crippen molar-refractivity contribution in [1.29, 1.82) is 0 Å². The summed E-state index contributed by atoms with van der Waals surface area (Å²) >= 11 is 5.69. The first kappa shape index (κ1) is 16.5. The monoisotopic (exact) mass is 336 g/mol. The van der Waals surface area contributed by atoms with Crippen LogP contribution in [0.5, 0.6) is 0 Å². The number of anilines is 1. The largest absolute Gasteiger partial charge is 0.399 e. The third-order valence-corrected chi connectivity index (χ3v) is 5.26. The molecule has 5 nitrogen and oxygen atoms in total. The van der Waals surface area contributed by atoms with Crippen LogP contribution < -0.4 is 5.73 Å². The molecule has 1 unspecified atom stereocenters. The Morgan fingerprint density at radius 1 is 1.48 bits per heavy atom. The molecule has 8 heteroatoms. The quantitative estimate of drug-likeness (QED) is 0.841. The number of benzene rings is 1. The molecule has 0 bridgehead atoms. The van der Waals surface area contributed by atoms with Crippen LogP contribution in [0.2, 0.25) is 5.02 Å². The summed E-state index contributed by atoms with van der Waals surface area (Å²) in [6.45, 7) is 5.62. The van der Waals surface area contributed by atoms with Gasteiger partial charge < -0.3 is 10.5 Å². The maximum Gasteiger partial charge on any atom is 0.246 e. The van der Waals surface area contributed by atoms with Crippen LogP contribution in [0.25, 0.3) is 0 Å². The summed E-state index contributed by atoms with van der Waals surface area (Å²) in [7, 11) is -4.03. The maximum atomic E-state index is 14.1. The van der Waals surface area contributed by atoms with Crippen molar-refractivity contribution in [2.45, 2.75) is 37.4 Å². The number of ether oxygens (including phenoxy) is 1. The number of hydrogen-bond donors (Lipinski definition) is 1. The van der Waals surface area contributed by atoms with Crippen LogP contribution in [0.4, 0.5) is 10.1 Å². The van der Waals surface area contributed by atoms with Gasteiger partial charge in [-0.25, -0.2) is 12.8 Å². The van der Waals surface area contributed by atoms with E-state index >= 15 is 0 Å². The number of hydrogen-bond acceptors (Lipinski definition) is 4. The molecule has 0 aromatic heterocycles. The minimum Gasteiger partial charge on any atom is -0.399 e. The first-order valence-electron chi connectivity index (χ1n) is 6.45. The summed E-state index contributed by atoms with van der Waals surface area (Å²) in [4.78, 5) is -0.502. The zero-order valence-corrected chi connectivity index (χ0v) is 13.6. The third kappa shape index (κ3) is 3.31. The van der Waals surface area contributed by atoms with Crippen LogP contribution in [-0.2, 0) is 14.8 Å². The molecule has 2 N–H and O–H groups in total. The summed E-state index contributed by atoms with van der Waals surface area (Å²) in [5, 5.41) is -0.311. The molecule has 1 atom stereocenters. The van der Waals surface area contributed by atoms with Gasteiger partial charge in [0.25, 0.3) is 0 Å². The van der Waals surface area contributed by atoms with Crippen LogP contribution in [0.3, 0.4) is 0 Å². The molecule has 1 aliphatic heterocycles. The van der Waals surface area contributed by atoms with E-state index < -0.39 is 26.3 Å². The van der Waals surface area contributed by atoms with Crippen molar-refractivity contribution in [2.24, 2.45) is 0 Å². The van der Waals surface area contributed by atoms with Crippen LogP contribution in [-0.4, -0.2) is 37.5 Å². The fraction of sp³-hybridized carbons (Fsp3) is 0.538. The molecule has 0 radical (unpaired) electrons. The summed E-state index contributed by atoms with van der Waals surface area (Å²) in [5.41, 5.74) is 5.03. The third-order valence-electron chi connectivity index (χ3n) is 3.17. The van der Waals surface area contributed by atoms with Gasteiger partial charge in [0.15, 0.2) is 5.82 Å². The number of nitrogens with zero attached hydrogens (tertiary/aromatic N) is 1. The van der Waals surface area contributed by atoms with Gasteiger partial charge in [-0.15, -0.1) is 0 Å². The van der Waals surface area contributed by atoms with E-state index in [1.807, 2.05) is 0 Å². The Kier molecular flexibility index (Phi) is 4.23. The SMILES string of the molecule is CC1CN(S(=O)(=O)c2cc(N)cc(Cl)c2F)CC(C)(C)O1. The second-order valence-corrected chi connectivity index (χ2v) is 8.11. The summed E-state index contributed by atoms with van der Waals surface area (Å²) in [6, 6.07) is 2.27. The molecule has 21 heavy (non-hydrogen) atoms. The zero-order chi connectivity index (χ0) is 16.0. The fourth-order valence-corrected chi connectivity index (χ4v) is 4.56. The lowest BCUT2D eigenvalue weighted by molar-refractivity contribution is -0.109. The first-order chi connectivity index (χ1) is 9.53. The van der Waals surface area contributed by atoms with Crippen molar-refractivity contribution in [1.82, 2.24) is 4.31 Å². The lowest BCUT2D eigenvalue weighted by Crippen LogP contribution is -2.53. The first-order valence-corrected chi connectivity index (χ1v) is 8.27. The lowest BCUT2D eigenvalue weighted by Gasteiger charge is -2.40. The zero-order valence-electron chi connectivity index (χ0n) is 12.1. The molecule has 2 rings (SSSR count). The number of sulfonamides is 1. The van der Waals surface area contributed by atoms with Crippen molar-refractivity contribution in [2.75, 3.05) is 18.8 Å². The summed E-state index contributed by atoms with van der Waals surface area (Å²) < 4.78 is 46.3. The van der Waals surface area contributed by atoms with Gasteiger partial charge in [-0.2, -0.15) is 4.31 Å². The minimum atomic E-state index is -4.03. The number of rotatable bonds is 2. The molecule has 0 amide bonds. The van der Waals surface area contributed by atoms with E-state index in [9.17, 15) is 12.8 Å². The topological polar surface area (TPSA) is 72.6 Å². The van der Waals surface area contributed by atoms with Crippen molar-refractivity contribution in [3.63, 3.8) is 0 Å². The second-order valence-electron chi connectivity index (χ2n) is 5.80. The van der Waals surface area contributed by atoms with Crippen LogP contribution in [0.15, 0.2) is 17.0 Å². The van der Waals surface area contributed by atoms with E-state index in [2.05, 4.69) is 0 Å². The van der Waals surface area contributed by atoms with Gasteiger partial charge in [0.05, 0.1) is 16.7 Å². The standard InChI is InChI=1S/C13H18ClFN2O3S/c1-8-6-17(7-13(2,3)20-8)21(18,19)11-5-9(16)4-10(14)12(11)15/h4-5,8H,6-7,16H2,1-3H3. The Labute approximate surface area is 128 Å². The highest BCUT2D eigenvalue weighted by Crippen LogP contribution is 2.31. The van der Waals surface area contributed by atoms with E-state index in [0.717, 1.165) is 6.07 Å². The smallest absolute Gasteiger partial charge is 0.246 e. The van der Waals surface area contributed by atoms with E-state index in [-0.39, 0.29) is 29.9 Å². The number of nitrogens with two attached hydrogens (primary N) is 1. The van der Waals surface area contributed by atoms with Crippen LogP contribution >= 0.6 is 11.6 Å². The van der Waals surface area contributed by atoms with Gasteiger partial charge in [0.1, 0.15) is 4.90 Å². The molecule has 0 saturated carbocycles. The normalized spacial score (nSPS) is 23.2. The van der Waals surface area contributed by atoms with E-state index in [1.165, 1.54) is 10.4 Å². The predicted molar refractivity (Wildman–Crippen MR) is 79.2 cm³/mol. The molecule has 0 aliphatic carbocycles. The fourth-order valence-electron chi connectivity index (χ4n) is 2.49. The predicted octanol–water partition coefficient (Wildman–Crippen LogP) is 2.25. The molecule has 118 valence electrons. The van der Waals surface area contributed by atoms with Crippen LogP contribution in [0, 0.1) is 5.82 Å². The molecule has 1 fully saturated rings.